The SMILES string of the molecule is CC1([C@H]2CC=C3[C@@H]4CC=C5CCCC(O)(O)[C@]5(C)[C@H]4CC[C@@]32C)CCOO1. The van der Waals surface area contributed by atoms with Crippen LogP contribution in [-0.4, -0.2) is 28.2 Å². The van der Waals surface area contributed by atoms with Crippen LogP contribution in [-0.2, 0) is 9.78 Å². The summed E-state index contributed by atoms with van der Waals surface area (Å²) >= 11 is 0. The normalized spacial score (nSPS) is 51.1. The molecule has 6 atom stereocenters. The summed E-state index contributed by atoms with van der Waals surface area (Å²) in [7, 11) is 0. The van der Waals surface area contributed by atoms with Crippen LogP contribution in [0.25, 0.3) is 0 Å². The molecule has 0 spiro atoms. The molecular weight excluding hydrogens is 340 g/mol. The van der Waals surface area contributed by atoms with E-state index in [1.807, 2.05) is 0 Å². The molecular formula is C23H34O4. The van der Waals surface area contributed by atoms with Gasteiger partial charge in [0.2, 0.25) is 0 Å². The maximum atomic E-state index is 11.0. The van der Waals surface area contributed by atoms with Crippen molar-refractivity contribution in [1.29, 1.82) is 0 Å². The molecule has 0 aromatic rings. The van der Waals surface area contributed by atoms with Crippen LogP contribution < -0.4 is 0 Å². The van der Waals surface area contributed by atoms with E-state index < -0.39 is 11.2 Å². The van der Waals surface area contributed by atoms with Gasteiger partial charge in [-0.1, -0.05) is 37.1 Å². The zero-order valence-corrected chi connectivity index (χ0v) is 17.0. The van der Waals surface area contributed by atoms with Gasteiger partial charge in [-0.05, 0) is 62.7 Å². The predicted molar refractivity (Wildman–Crippen MR) is 102 cm³/mol. The molecule has 5 rings (SSSR count). The third kappa shape index (κ3) is 2.24. The van der Waals surface area contributed by atoms with Gasteiger partial charge in [0.15, 0.2) is 5.79 Å². The average molecular weight is 375 g/mol. The van der Waals surface area contributed by atoms with E-state index in [-0.39, 0.29) is 11.0 Å². The second-order valence-corrected chi connectivity index (χ2v) is 10.4. The van der Waals surface area contributed by atoms with Gasteiger partial charge in [-0.25, -0.2) is 9.78 Å². The molecule has 1 saturated heterocycles. The van der Waals surface area contributed by atoms with Crippen molar-refractivity contribution in [2.75, 3.05) is 6.61 Å². The number of fused-ring (bicyclic) bond motifs is 5. The molecule has 4 heteroatoms. The van der Waals surface area contributed by atoms with Crippen molar-refractivity contribution in [2.24, 2.45) is 28.6 Å². The van der Waals surface area contributed by atoms with Gasteiger partial charge >= 0.3 is 0 Å². The van der Waals surface area contributed by atoms with Crippen LogP contribution in [0.5, 0.6) is 0 Å². The van der Waals surface area contributed by atoms with Crippen LogP contribution in [0.4, 0.5) is 0 Å². The Bertz CT molecular complexity index is 701. The van der Waals surface area contributed by atoms with Gasteiger partial charge < -0.3 is 10.2 Å². The third-order valence-electron chi connectivity index (χ3n) is 9.36. The largest absolute Gasteiger partial charge is 0.365 e. The molecule has 1 aliphatic heterocycles. The summed E-state index contributed by atoms with van der Waals surface area (Å²) in [5, 5.41) is 22.0. The van der Waals surface area contributed by atoms with Crippen LogP contribution in [0.3, 0.4) is 0 Å². The van der Waals surface area contributed by atoms with E-state index in [4.69, 9.17) is 9.78 Å². The topological polar surface area (TPSA) is 58.9 Å². The fraction of sp³-hybridized carbons (Fsp3) is 0.826. The van der Waals surface area contributed by atoms with Crippen molar-refractivity contribution in [3.8, 4) is 0 Å². The van der Waals surface area contributed by atoms with Crippen molar-refractivity contribution in [3.63, 3.8) is 0 Å². The fourth-order valence-electron chi connectivity index (χ4n) is 7.73. The van der Waals surface area contributed by atoms with E-state index in [1.165, 1.54) is 5.57 Å². The lowest BCUT2D eigenvalue weighted by molar-refractivity contribution is -0.322. The molecule has 4 nitrogen and oxygen atoms in total. The second-order valence-electron chi connectivity index (χ2n) is 10.4. The molecule has 1 unspecified atom stereocenters. The van der Waals surface area contributed by atoms with Crippen LogP contribution in [0.1, 0.15) is 72.1 Å². The average Bonchev–Trinajstić information content (AvgIpc) is 3.19. The lowest BCUT2D eigenvalue weighted by atomic mass is 9.47. The highest BCUT2D eigenvalue weighted by atomic mass is 17.2. The fourth-order valence-corrected chi connectivity index (χ4v) is 7.73. The highest BCUT2D eigenvalue weighted by molar-refractivity contribution is 5.36. The summed E-state index contributed by atoms with van der Waals surface area (Å²) in [4.78, 5) is 11.1. The molecule has 0 radical (unpaired) electrons. The molecule has 2 saturated carbocycles. The van der Waals surface area contributed by atoms with E-state index in [0.717, 1.165) is 44.9 Å². The standard InChI is InChI=1S/C23H34O4/c1-20-12-10-18-16(7-6-15-5-4-11-23(24,25)22(15,18)3)17(20)8-9-19(20)21(2)13-14-26-27-21/h6,8,16,18-19,24-25H,4-5,7,9-14H2,1-3H3/t16-,18-,19-,20-,21?,22-/m0/s1. The first kappa shape index (κ1) is 18.4. The Labute approximate surface area is 162 Å². The molecule has 0 aromatic heterocycles. The first-order valence-corrected chi connectivity index (χ1v) is 10.9. The predicted octanol–water partition coefficient (Wildman–Crippen LogP) is 4.28. The molecule has 3 fully saturated rings. The Morgan fingerprint density at radius 2 is 1.85 bits per heavy atom. The summed E-state index contributed by atoms with van der Waals surface area (Å²) in [6.07, 6.45) is 12.4. The number of allylic oxidation sites excluding steroid dienone is 3. The summed E-state index contributed by atoms with van der Waals surface area (Å²) in [6, 6.07) is 0. The van der Waals surface area contributed by atoms with E-state index in [9.17, 15) is 10.2 Å². The van der Waals surface area contributed by atoms with E-state index in [0.29, 0.717) is 30.8 Å². The van der Waals surface area contributed by atoms with Gasteiger partial charge in [0.1, 0.15) is 5.60 Å². The number of aliphatic hydroxyl groups is 2. The zero-order chi connectivity index (χ0) is 19.1. The van der Waals surface area contributed by atoms with Gasteiger partial charge in [0, 0.05) is 24.2 Å². The molecule has 5 aliphatic rings. The van der Waals surface area contributed by atoms with Crippen molar-refractivity contribution in [2.45, 2.75) is 83.5 Å². The molecule has 1 heterocycles. The molecule has 2 N–H and O–H groups in total. The molecule has 4 aliphatic carbocycles. The van der Waals surface area contributed by atoms with Gasteiger partial charge in [0.25, 0.3) is 0 Å². The van der Waals surface area contributed by atoms with Crippen LogP contribution in [0.2, 0.25) is 0 Å². The Balaban J connectivity index is 1.51. The van der Waals surface area contributed by atoms with Crippen molar-refractivity contribution in [1.82, 2.24) is 0 Å². The summed E-state index contributed by atoms with van der Waals surface area (Å²) in [5.41, 5.74) is 2.26. The van der Waals surface area contributed by atoms with Crippen molar-refractivity contribution in [3.05, 3.63) is 23.3 Å². The lowest BCUT2D eigenvalue weighted by Crippen LogP contribution is -2.59. The van der Waals surface area contributed by atoms with Crippen molar-refractivity contribution >= 4 is 0 Å². The highest BCUT2D eigenvalue weighted by Gasteiger charge is 2.63. The van der Waals surface area contributed by atoms with Gasteiger partial charge in [-0.3, -0.25) is 0 Å². The number of hydrogen-bond acceptors (Lipinski definition) is 4. The monoisotopic (exact) mass is 374 g/mol. The van der Waals surface area contributed by atoms with Crippen LogP contribution in [0.15, 0.2) is 23.3 Å². The minimum atomic E-state index is -1.58. The van der Waals surface area contributed by atoms with E-state index >= 15 is 0 Å². The van der Waals surface area contributed by atoms with E-state index in [1.54, 1.807) is 5.57 Å². The summed E-state index contributed by atoms with van der Waals surface area (Å²) in [6.45, 7) is 7.45. The number of hydrogen-bond donors (Lipinski definition) is 2. The van der Waals surface area contributed by atoms with Gasteiger partial charge in [0.05, 0.1) is 6.61 Å². The number of rotatable bonds is 1. The van der Waals surface area contributed by atoms with Crippen molar-refractivity contribution < 1.29 is 20.0 Å². The first-order chi connectivity index (χ1) is 12.7. The molecule has 27 heavy (non-hydrogen) atoms. The molecule has 0 amide bonds. The van der Waals surface area contributed by atoms with Crippen LogP contribution in [0, 0.1) is 28.6 Å². The Morgan fingerprint density at radius 1 is 1.04 bits per heavy atom. The van der Waals surface area contributed by atoms with Crippen LogP contribution >= 0.6 is 0 Å². The molecule has 0 bridgehead atoms. The Hall–Kier alpha value is -0.680. The maximum absolute atomic E-state index is 11.0. The third-order valence-corrected chi connectivity index (χ3v) is 9.36. The van der Waals surface area contributed by atoms with E-state index in [2.05, 4.69) is 32.9 Å². The highest BCUT2D eigenvalue weighted by Crippen LogP contribution is 2.67. The quantitative estimate of drug-likeness (QED) is 0.409. The smallest absolute Gasteiger partial charge is 0.172 e. The molecule has 0 aromatic carbocycles. The minimum Gasteiger partial charge on any atom is -0.365 e. The summed E-state index contributed by atoms with van der Waals surface area (Å²) in [5.74, 6) is -0.396. The zero-order valence-electron chi connectivity index (χ0n) is 17.0. The van der Waals surface area contributed by atoms with Gasteiger partial charge in [-0.2, -0.15) is 0 Å². The summed E-state index contributed by atoms with van der Waals surface area (Å²) < 4.78 is 0. The maximum Gasteiger partial charge on any atom is 0.172 e. The second kappa shape index (κ2) is 5.69. The lowest BCUT2D eigenvalue weighted by Gasteiger charge is -2.60. The molecule has 150 valence electrons. The Kier molecular flexibility index (Phi) is 3.87. The van der Waals surface area contributed by atoms with Gasteiger partial charge in [-0.15, -0.1) is 0 Å². The first-order valence-electron chi connectivity index (χ1n) is 10.9. The Morgan fingerprint density at radius 3 is 2.59 bits per heavy atom. The minimum absolute atomic E-state index is 0.132.